The number of carbonyl (C=O) groups excluding carboxylic acids is 1. The van der Waals surface area contributed by atoms with Gasteiger partial charge in [-0.3, -0.25) is 4.79 Å². The van der Waals surface area contributed by atoms with Crippen LogP contribution in [0, 0.1) is 5.92 Å². The van der Waals surface area contributed by atoms with Crippen LogP contribution in [0.1, 0.15) is 25.1 Å². The van der Waals surface area contributed by atoms with Crippen molar-refractivity contribution in [3.63, 3.8) is 0 Å². The van der Waals surface area contributed by atoms with Crippen molar-refractivity contribution < 1.29 is 9.53 Å². The third-order valence-electron chi connectivity index (χ3n) is 4.15. The molecule has 1 aromatic heterocycles. The van der Waals surface area contributed by atoms with Gasteiger partial charge in [-0.05, 0) is 18.8 Å². The monoisotopic (exact) mass is 310 g/mol. The first-order valence-corrected chi connectivity index (χ1v) is 7.60. The van der Waals surface area contributed by atoms with Gasteiger partial charge in [-0.25, -0.2) is 9.97 Å². The second-order valence-corrected chi connectivity index (χ2v) is 5.99. The predicted molar refractivity (Wildman–Crippen MR) is 79.2 cm³/mol. The summed E-state index contributed by atoms with van der Waals surface area (Å²) in [5, 5.41) is 3.53. The number of ether oxygens (including phenoxy) is 1. The van der Waals surface area contributed by atoms with Gasteiger partial charge in [0, 0.05) is 38.7 Å². The van der Waals surface area contributed by atoms with Gasteiger partial charge in [-0.1, -0.05) is 11.6 Å². The van der Waals surface area contributed by atoms with E-state index in [2.05, 4.69) is 20.2 Å². The molecule has 0 radical (unpaired) electrons. The Kier molecular flexibility index (Phi) is 4.26. The Hall–Kier alpha value is -1.40. The average Bonchev–Trinajstić information content (AvgIpc) is 2.46. The Bertz CT molecular complexity index is 540. The van der Waals surface area contributed by atoms with Crippen molar-refractivity contribution in [2.24, 2.45) is 5.92 Å². The molecule has 7 heteroatoms. The second kappa shape index (κ2) is 6.15. The quantitative estimate of drug-likeness (QED) is 0.854. The smallest absolute Gasteiger partial charge is 0.220 e. The van der Waals surface area contributed by atoms with Crippen LogP contribution in [0.15, 0.2) is 6.07 Å². The molecule has 6 nitrogen and oxygen atoms in total. The maximum Gasteiger partial charge on any atom is 0.220 e. The standard InChI is InChI=1S/C14H19ClN4O2/c1-21-8-12-17-11(15)6-13(18-12)19-5-4-10-9(7-19)2-3-14(20)16-10/h6,9-10H,2-5,7-8H2,1H3,(H,16,20). The molecule has 2 fully saturated rings. The van der Waals surface area contributed by atoms with E-state index in [4.69, 9.17) is 16.3 Å². The van der Waals surface area contributed by atoms with Gasteiger partial charge in [-0.2, -0.15) is 0 Å². The van der Waals surface area contributed by atoms with Crippen LogP contribution in [0.3, 0.4) is 0 Å². The van der Waals surface area contributed by atoms with E-state index in [1.807, 2.05) is 0 Å². The lowest BCUT2D eigenvalue weighted by molar-refractivity contribution is -0.124. The summed E-state index contributed by atoms with van der Waals surface area (Å²) in [4.78, 5) is 22.4. The Morgan fingerprint density at radius 3 is 3.14 bits per heavy atom. The summed E-state index contributed by atoms with van der Waals surface area (Å²) in [6.07, 6.45) is 2.50. The van der Waals surface area contributed by atoms with Crippen molar-refractivity contribution in [3.8, 4) is 0 Å². The van der Waals surface area contributed by atoms with E-state index in [0.717, 1.165) is 31.7 Å². The maximum atomic E-state index is 11.5. The van der Waals surface area contributed by atoms with E-state index < -0.39 is 0 Å². The van der Waals surface area contributed by atoms with E-state index >= 15 is 0 Å². The molecule has 1 aromatic rings. The highest BCUT2D eigenvalue weighted by Crippen LogP contribution is 2.28. The fourth-order valence-electron chi connectivity index (χ4n) is 3.13. The van der Waals surface area contributed by atoms with Gasteiger partial charge >= 0.3 is 0 Å². The third kappa shape index (κ3) is 3.27. The van der Waals surface area contributed by atoms with Crippen molar-refractivity contribution in [2.75, 3.05) is 25.1 Å². The molecule has 2 aliphatic heterocycles. The van der Waals surface area contributed by atoms with Crippen LogP contribution in [0.2, 0.25) is 5.15 Å². The summed E-state index contributed by atoms with van der Waals surface area (Å²) < 4.78 is 5.07. The molecule has 114 valence electrons. The number of rotatable bonds is 3. The Morgan fingerprint density at radius 2 is 2.33 bits per heavy atom. The SMILES string of the molecule is COCc1nc(Cl)cc(N2CCC3NC(=O)CCC3C2)n1. The molecule has 2 aliphatic rings. The predicted octanol–water partition coefficient (Wildman–Crippen LogP) is 1.38. The first-order valence-electron chi connectivity index (χ1n) is 7.22. The normalized spacial score (nSPS) is 25.4. The van der Waals surface area contributed by atoms with Crippen molar-refractivity contribution in [2.45, 2.75) is 31.9 Å². The Labute approximate surface area is 128 Å². The van der Waals surface area contributed by atoms with Gasteiger partial charge in [0.15, 0.2) is 5.82 Å². The third-order valence-corrected chi connectivity index (χ3v) is 4.34. The van der Waals surface area contributed by atoms with Gasteiger partial charge < -0.3 is 15.0 Å². The van der Waals surface area contributed by atoms with E-state index in [1.54, 1.807) is 13.2 Å². The molecule has 2 saturated heterocycles. The van der Waals surface area contributed by atoms with Crippen molar-refractivity contribution >= 4 is 23.3 Å². The number of hydrogen-bond donors (Lipinski definition) is 1. The summed E-state index contributed by atoms with van der Waals surface area (Å²) in [7, 11) is 1.61. The number of nitrogens with one attached hydrogen (secondary N) is 1. The van der Waals surface area contributed by atoms with E-state index in [9.17, 15) is 4.79 Å². The molecule has 0 spiro atoms. The number of carbonyl (C=O) groups is 1. The largest absolute Gasteiger partial charge is 0.377 e. The molecule has 3 heterocycles. The number of aromatic nitrogens is 2. The first kappa shape index (κ1) is 14.5. The Balaban J connectivity index is 1.74. The molecular formula is C14H19ClN4O2. The fourth-order valence-corrected chi connectivity index (χ4v) is 3.32. The molecule has 0 aliphatic carbocycles. The van der Waals surface area contributed by atoms with Crippen LogP contribution in [-0.2, 0) is 16.1 Å². The van der Waals surface area contributed by atoms with Crippen molar-refractivity contribution in [1.29, 1.82) is 0 Å². The highest BCUT2D eigenvalue weighted by Gasteiger charge is 2.34. The highest BCUT2D eigenvalue weighted by molar-refractivity contribution is 6.29. The number of piperidine rings is 2. The molecule has 1 amide bonds. The summed E-state index contributed by atoms with van der Waals surface area (Å²) in [5.74, 6) is 2.10. The van der Waals surface area contributed by atoms with E-state index in [1.165, 1.54) is 0 Å². The molecule has 2 atom stereocenters. The zero-order valence-corrected chi connectivity index (χ0v) is 12.8. The van der Waals surface area contributed by atoms with E-state index in [-0.39, 0.29) is 5.91 Å². The maximum absolute atomic E-state index is 11.5. The molecule has 3 rings (SSSR count). The highest BCUT2D eigenvalue weighted by atomic mass is 35.5. The van der Waals surface area contributed by atoms with Crippen LogP contribution in [-0.4, -0.2) is 42.1 Å². The topological polar surface area (TPSA) is 67.3 Å². The van der Waals surface area contributed by atoms with Gasteiger partial charge in [0.1, 0.15) is 17.6 Å². The minimum absolute atomic E-state index is 0.178. The van der Waals surface area contributed by atoms with E-state index in [0.29, 0.717) is 36.0 Å². The molecule has 0 saturated carbocycles. The minimum atomic E-state index is 0.178. The number of methoxy groups -OCH3 is 1. The molecule has 0 aromatic carbocycles. The number of halogens is 1. The van der Waals surface area contributed by atoms with Crippen LogP contribution >= 0.6 is 11.6 Å². The molecule has 1 N–H and O–H groups in total. The summed E-state index contributed by atoms with van der Waals surface area (Å²) in [6, 6.07) is 2.10. The van der Waals surface area contributed by atoms with Crippen LogP contribution in [0.5, 0.6) is 0 Å². The first-order chi connectivity index (χ1) is 10.2. The van der Waals surface area contributed by atoms with Gasteiger partial charge in [0.2, 0.25) is 5.91 Å². The average molecular weight is 311 g/mol. The number of fused-ring (bicyclic) bond motifs is 1. The second-order valence-electron chi connectivity index (χ2n) is 5.61. The lowest BCUT2D eigenvalue weighted by atomic mass is 9.85. The van der Waals surface area contributed by atoms with Crippen molar-refractivity contribution in [3.05, 3.63) is 17.0 Å². The molecule has 0 bridgehead atoms. The zero-order valence-electron chi connectivity index (χ0n) is 12.0. The number of nitrogens with zero attached hydrogens (tertiary/aromatic N) is 3. The summed E-state index contributed by atoms with van der Waals surface area (Å²) >= 11 is 6.07. The summed E-state index contributed by atoms with van der Waals surface area (Å²) in [6.45, 7) is 2.11. The zero-order chi connectivity index (χ0) is 14.8. The molecule has 2 unspecified atom stereocenters. The minimum Gasteiger partial charge on any atom is -0.377 e. The lowest BCUT2D eigenvalue weighted by Crippen LogP contribution is -2.54. The van der Waals surface area contributed by atoms with Gasteiger partial charge in [0.25, 0.3) is 0 Å². The van der Waals surface area contributed by atoms with Crippen molar-refractivity contribution in [1.82, 2.24) is 15.3 Å². The number of amides is 1. The fraction of sp³-hybridized carbons (Fsp3) is 0.643. The van der Waals surface area contributed by atoms with Crippen LogP contribution < -0.4 is 10.2 Å². The number of anilines is 1. The lowest BCUT2D eigenvalue weighted by Gasteiger charge is -2.41. The van der Waals surface area contributed by atoms with Crippen LogP contribution in [0.4, 0.5) is 5.82 Å². The number of hydrogen-bond acceptors (Lipinski definition) is 5. The molecule has 21 heavy (non-hydrogen) atoms. The van der Waals surface area contributed by atoms with Crippen LogP contribution in [0.25, 0.3) is 0 Å². The van der Waals surface area contributed by atoms with Gasteiger partial charge in [0.05, 0.1) is 0 Å². The molecular weight excluding hydrogens is 292 g/mol. The van der Waals surface area contributed by atoms with Gasteiger partial charge in [-0.15, -0.1) is 0 Å². The summed E-state index contributed by atoms with van der Waals surface area (Å²) in [5.41, 5.74) is 0. The Morgan fingerprint density at radius 1 is 1.48 bits per heavy atom.